The van der Waals surface area contributed by atoms with E-state index in [0.717, 1.165) is 11.1 Å². The van der Waals surface area contributed by atoms with Gasteiger partial charge in [0.05, 0.1) is 7.11 Å². The van der Waals surface area contributed by atoms with Crippen molar-refractivity contribution in [3.8, 4) is 17.6 Å². The first-order valence-electron chi connectivity index (χ1n) is 11.2. The highest BCUT2D eigenvalue weighted by atomic mass is 16.5. The number of amides is 2. The molecule has 2 aliphatic rings. The largest absolute Gasteiger partial charge is 0.496 e. The van der Waals surface area contributed by atoms with Crippen molar-refractivity contribution in [1.29, 1.82) is 0 Å². The molecule has 1 heterocycles. The molecule has 3 rings (SSSR count). The third-order valence-electron chi connectivity index (χ3n) is 6.46. The fourth-order valence-electron chi connectivity index (χ4n) is 4.97. The summed E-state index contributed by atoms with van der Waals surface area (Å²) >= 11 is 0. The summed E-state index contributed by atoms with van der Waals surface area (Å²) in [6, 6.07) is 3.62. The lowest BCUT2D eigenvalue weighted by molar-refractivity contribution is -0.138. The van der Waals surface area contributed by atoms with E-state index in [1.165, 1.54) is 0 Å². The van der Waals surface area contributed by atoms with E-state index < -0.39 is 5.92 Å². The van der Waals surface area contributed by atoms with Crippen molar-refractivity contribution in [2.24, 2.45) is 5.41 Å². The SMILES string of the molecule is CC#Cc1cc(C)c(C2C(=O)CC3(CCN(C(=O)NC(C)(C)C)CC3)CC2=O)c(OC)c1. The van der Waals surface area contributed by atoms with E-state index in [-0.39, 0.29) is 28.6 Å². The summed E-state index contributed by atoms with van der Waals surface area (Å²) in [5.74, 6) is 5.53. The summed E-state index contributed by atoms with van der Waals surface area (Å²) in [4.78, 5) is 40.9. The second kappa shape index (κ2) is 8.97. The number of carbonyl (C=O) groups excluding carboxylic acids is 3. The van der Waals surface area contributed by atoms with Crippen LogP contribution in [-0.4, -0.2) is 48.2 Å². The highest BCUT2D eigenvalue weighted by molar-refractivity contribution is 6.11. The summed E-state index contributed by atoms with van der Waals surface area (Å²) < 4.78 is 5.56. The highest BCUT2D eigenvalue weighted by Crippen LogP contribution is 2.47. The van der Waals surface area contributed by atoms with E-state index in [2.05, 4.69) is 17.2 Å². The van der Waals surface area contributed by atoms with Gasteiger partial charge < -0.3 is 15.0 Å². The molecule has 172 valence electrons. The fourth-order valence-corrected chi connectivity index (χ4v) is 4.97. The predicted octanol–water partition coefficient (Wildman–Crippen LogP) is 3.98. The predicted molar refractivity (Wildman–Crippen MR) is 124 cm³/mol. The van der Waals surface area contributed by atoms with E-state index >= 15 is 0 Å². The van der Waals surface area contributed by atoms with Crippen LogP contribution in [0.15, 0.2) is 12.1 Å². The molecule has 2 amide bonds. The first kappa shape index (κ1) is 23.8. The zero-order valence-electron chi connectivity index (χ0n) is 20.1. The number of urea groups is 1. The van der Waals surface area contributed by atoms with Crippen LogP contribution in [0.4, 0.5) is 4.79 Å². The van der Waals surface area contributed by atoms with Crippen LogP contribution in [0, 0.1) is 24.2 Å². The Morgan fingerprint density at radius 2 is 1.75 bits per heavy atom. The number of ether oxygens (including phenoxy) is 1. The molecule has 1 aliphatic heterocycles. The third kappa shape index (κ3) is 4.98. The minimum absolute atomic E-state index is 0.0513. The molecule has 0 aromatic heterocycles. The molecule has 1 saturated carbocycles. The Labute approximate surface area is 191 Å². The Morgan fingerprint density at radius 3 is 2.25 bits per heavy atom. The maximum Gasteiger partial charge on any atom is 0.317 e. The van der Waals surface area contributed by atoms with Crippen molar-refractivity contribution in [3.63, 3.8) is 0 Å². The molecule has 0 unspecified atom stereocenters. The normalized spacial score (nSPS) is 18.9. The molecule has 1 aliphatic carbocycles. The Bertz CT molecular complexity index is 966. The fraction of sp³-hybridized carbons (Fsp3) is 0.577. The average Bonchev–Trinajstić information content (AvgIpc) is 2.68. The third-order valence-corrected chi connectivity index (χ3v) is 6.46. The van der Waals surface area contributed by atoms with Crippen LogP contribution in [-0.2, 0) is 9.59 Å². The number of benzene rings is 1. The van der Waals surface area contributed by atoms with Gasteiger partial charge in [0.15, 0.2) is 0 Å². The van der Waals surface area contributed by atoms with Crippen LogP contribution in [0.5, 0.6) is 5.75 Å². The number of ketones is 2. The van der Waals surface area contributed by atoms with Crippen LogP contribution < -0.4 is 10.1 Å². The van der Waals surface area contributed by atoms with E-state index in [4.69, 9.17) is 4.74 Å². The highest BCUT2D eigenvalue weighted by Gasteiger charge is 2.48. The van der Waals surface area contributed by atoms with Crippen molar-refractivity contribution in [2.75, 3.05) is 20.2 Å². The van der Waals surface area contributed by atoms with Gasteiger partial charge in [-0.1, -0.05) is 5.92 Å². The number of rotatable bonds is 2. The molecule has 32 heavy (non-hydrogen) atoms. The summed E-state index contributed by atoms with van der Waals surface area (Å²) in [6.45, 7) is 10.6. The van der Waals surface area contributed by atoms with Crippen molar-refractivity contribution < 1.29 is 19.1 Å². The summed E-state index contributed by atoms with van der Waals surface area (Å²) in [5, 5.41) is 2.99. The monoisotopic (exact) mass is 438 g/mol. The van der Waals surface area contributed by atoms with Gasteiger partial charge in [0.25, 0.3) is 0 Å². The zero-order chi connectivity index (χ0) is 23.7. The van der Waals surface area contributed by atoms with Gasteiger partial charge in [-0.25, -0.2) is 4.79 Å². The van der Waals surface area contributed by atoms with E-state index in [1.54, 1.807) is 25.0 Å². The van der Waals surface area contributed by atoms with Gasteiger partial charge in [-0.15, -0.1) is 5.92 Å². The number of nitrogens with one attached hydrogen (secondary N) is 1. The van der Waals surface area contributed by atoms with Gasteiger partial charge in [0.2, 0.25) is 0 Å². The van der Waals surface area contributed by atoms with Crippen LogP contribution in [0.25, 0.3) is 0 Å². The Morgan fingerprint density at radius 1 is 1.16 bits per heavy atom. The molecule has 1 saturated heterocycles. The van der Waals surface area contributed by atoms with Crippen molar-refractivity contribution in [2.45, 2.75) is 71.8 Å². The topological polar surface area (TPSA) is 75.7 Å². The smallest absolute Gasteiger partial charge is 0.317 e. The number of piperidine rings is 1. The second-order valence-electron chi connectivity index (χ2n) is 10.2. The van der Waals surface area contributed by atoms with E-state index in [1.807, 2.05) is 33.8 Å². The molecular weight excluding hydrogens is 404 g/mol. The quantitative estimate of drug-likeness (QED) is 0.560. The molecule has 1 aromatic carbocycles. The molecule has 6 heteroatoms. The average molecular weight is 439 g/mol. The van der Waals surface area contributed by atoms with Gasteiger partial charge >= 0.3 is 6.03 Å². The van der Waals surface area contributed by atoms with Gasteiger partial charge in [-0.2, -0.15) is 0 Å². The van der Waals surface area contributed by atoms with Gasteiger partial charge in [-0.3, -0.25) is 9.59 Å². The van der Waals surface area contributed by atoms with Gasteiger partial charge in [-0.05, 0) is 70.6 Å². The summed E-state index contributed by atoms with van der Waals surface area (Å²) in [5.41, 5.74) is 1.67. The van der Waals surface area contributed by atoms with Crippen LogP contribution >= 0.6 is 0 Å². The summed E-state index contributed by atoms with van der Waals surface area (Å²) in [6.07, 6.45) is 2.04. The van der Waals surface area contributed by atoms with Crippen molar-refractivity contribution in [3.05, 3.63) is 28.8 Å². The van der Waals surface area contributed by atoms with E-state index in [9.17, 15) is 14.4 Å². The maximum absolute atomic E-state index is 13.3. The van der Waals surface area contributed by atoms with Crippen molar-refractivity contribution >= 4 is 17.6 Å². The van der Waals surface area contributed by atoms with Crippen LogP contribution in [0.3, 0.4) is 0 Å². The number of methoxy groups -OCH3 is 1. The first-order chi connectivity index (χ1) is 15.0. The Kier molecular flexibility index (Phi) is 6.69. The first-order valence-corrected chi connectivity index (χ1v) is 11.2. The van der Waals surface area contributed by atoms with Crippen LogP contribution in [0.2, 0.25) is 0 Å². The lowest BCUT2D eigenvalue weighted by Gasteiger charge is -2.45. The molecule has 6 nitrogen and oxygen atoms in total. The number of hydrogen-bond acceptors (Lipinski definition) is 4. The standard InChI is InChI=1S/C26H34N2O4/c1-7-8-18-13-17(2)22(21(14-18)32-6)23-19(29)15-26(16-20(23)30)9-11-28(12-10-26)24(31)27-25(3,4)5/h13-14,23H,9-12,15-16H2,1-6H3,(H,27,31). The number of Topliss-reactive ketones (excluding diaryl/α,β-unsaturated/α-hetero) is 2. The molecule has 0 radical (unpaired) electrons. The minimum atomic E-state index is -0.790. The maximum atomic E-state index is 13.3. The molecule has 1 aromatic rings. The van der Waals surface area contributed by atoms with Gasteiger partial charge in [0, 0.05) is 42.6 Å². The Hall–Kier alpha value is -2.81. The Balaban J connectivity index is 1.77. The number of nitrogens with zero attached hydrogens (tertiary/aromatic N) is 1. The van der Waals surface area contributed by atoms with E-state index in [0.29, 0.717) is 50.1 Å². The lowest BCUT2D eigenvalue weighted by atomic mass is 9.63. The van der Waals surface area contributed by atoms with Crippen molar-refractivity contribution in [1.82, 2.24) is 10.2 Å². The second-order valence-corrected chi connectivity index (χ2v) is 10.2. The molecule has 0 bridgehead atoms. The molecule has 2 fully saturated rings. The number of hydrogen-bond donors (Lipinski definition) is 1. The number of likely N-dealkylation sites (tertiary alicyclic amines) is 1. The van der Waals surface area contributed by atoms with Crippen LogP contribution in [0.1, 0.15) is 76.0 Å². The molecule has 1 spiro atoms. The number of aryl methyl sites for hydroxylation is 1. The molecule has 0 atom stereocenters. The summed E-state index contributed by atoms with van der Waals surface area (Å²) in [7, 11) is 1.55. The molecule has 1 N–H and O–H groups in total. The number of carbonyl (C=O) groups is 3. The lowest BCUT2D eigenvalue weighted by Crippen LogP contribution is -2.53. The molecular formula is C26H34N2O4. The van der Waals surface area contributed by atoms with Gasteiger partial charge in [0.1, 0.15) is 23.2 Å². The zero-order valence-corrected chi connectivity index (χ0v) is 20.1. The minimum Gasteiger partial charge on any atom is -0.496 e.